The fourth-order valence-corrected chi connectivity index (χ4v) is 1.86. The SMILES string of the molecule is CC(C)OC(=O)NS(=O)(=O)NC(C)(C)C(=N)N. The van der Waals surface area contributed by atoms with Crippen LogP contribution in [0.2, 0.25) is 0 Å². The van der Waals surface area contributed by atoms with Crippen molar-refractivity contribution in [2.45, 2.75) is 39.3 Å². The van der Waals surface area contributed by atoms with Gasteiger partial charge in [-0.15, -0.1) is 0 Å². The van der Waals surface area contributed by atoms with Gasteiger partial charge in [-0.25, -0.2) is 9.52 Å². The lowest BCUT2D eigenvalue weighted by Gasteiger charge is -2.24. The van der Waals surface area contributed by atoms with Gasteiger partial charge >= 0.3 is 16.3 Å². The molecule has 9 heteroatoms. The third-order valence-electron chi connectivity index (χ3n) is 1.62. The Hall–Kier alpha value is -1.35. The molecule has 0 atom stereocenters. The molecular weight excluding hydrogens is 248 g/mol. The molecule has 17 heavy (non-hydrogen) atoms. The lowest BCUT2D eigenvalue weighted by Crippen LogP contribution is -2.56. The van der Waals surface area contributed by atoms with Crippen molar-refractivity contribution in [1.82, 2.24) is 9.44 Å². The molecule has 100 valence electrons. The Balaban J connectivity index is 4.62. The third kappa shape index (κ3) is 6.07. The summed E-state index contributed by atoms with van der Waals surface area (Å²) < 4.78 is 31.2. The number of amides is 1. The van der Waals surface area contributed by atoms with Gasteiger partial charge < -0.3 is 10.5 Å². The Kier molecular flexibility index (Phi) is 4.90. The van der Waals surface area contributed by atoms with Crippen molar-refractivity contribution in [2.75, 3.05) is 0 Å². The molecule has 0 rings (SSSR count). The third-order valence-corrected chi connectivity index (χ3v) is 2.84. The number of ether oxygens (including phenoxy) is 1. The molecule has 0 fully saturated rings. The standard InChI is InChI=1S/C8H18N4O4S/c1-5(2)16-7(13)11-17(14,15)12-8(3,4)6(9)10/h5,12H,1-4H3,(H3,9,10)(H,11,13). The summed E-state index contributed by atoms with van der Waals surface area (Å²) in [7, 11) is -4.12. The molecule has 0 aliphatic heterocycles. The van der Waals surface area contributed by atoms with Gasteiger partial charge in [0.25, 0.3) is 0 Å². The molecule has 0 radical (unpaired) electrons. The van der Waals surface area contributed by atoms with Crippen LogP contribution in [0.5, 0.6) is 0 Å². The second-order valence-electron chi connectivity index (χ2n) is 4.20. The summed E-state index contributed by atoms with van der Waals surface area (Å²) in [6, 6.07) is 0. The Labute approximate surface area is 101 Å². The summed E-state index contributed by atoms with van der Waals surface area (Å²) in [6.45, 7) is 5.95. The molecule has 0 aromatic heterocycles. The highest BCUT2D eigenvalue weighted by Gasteiger charge is 2.29. The van der Waals surface area contributed by atoms with Crippen LogP contribution in [0.15, 0.2) is 0 Å². The molecule has 5 N–H and O–H groups in total. The topological polar surface area (TPSA) is 134 Å². The molecule has 0 saturated heterocycles. The van der Waals surface area contributed by atoms with E-state index in [1.165, 1.54) is 13.8 Å². The van der Waals surface area contributed by atoms with Crippen molar-refractivity contribution < 1.29 is 17.9 Å². The zero-order chi connectivity index (χ0) is 13.9. The first kappa shape index (κ1) is 15.7. The molecule has 1 amide bonds. The monoisotopic (exact) mass is 266 g/mol. The number of nitrogens with two attached hydrogens (primary N) is 1. The lowest BCUT2D eigenvalue weighted by atomic mass is 10.1. The highest BCUT2D eigenvalue weighted by molar-refractivity contribution is 7.88. The molecule has 0 bridgehead atoms. The molecule has 0 heterocycles. The van der Waals surface area contributed by atoms with Gasteiger partial charge in [-0.05, 0) is 27.7 Å². The normalized spacial score (nSPS) is 12.3. The molecule has 0 aliphatic rings. The first-order valence-electron chi connectivity index (χ1n) is 4.83. The van der Waals surface area contributed by atoms with E-state index in [2.05, 4.69) is 4.74 Å². The van der Waals surface area contributed by atoms with Gasteiger partial charge in [0.1, 0.15) is 5.84 Å². The number of amidine groups is 1. The highest BCUT2D eigenvalue weighted by atomic mass is 32.2. The largest absolute Gasteiger partial charge is 0.446 e. The van der Waals surface area contributed by atoms with Gasteiger partial charge in [-0.2, -0.15) is 13.1 Å². The van der Waals surface area contributed by atoms with Crippen LogP contribution in [0.1, 0.15) is 27.7 Å². The maximum Gasteiger partial charge on any atom is 0.422 e. The van der Waals surface area contributed by atoms with Gasteiger partial charge in [0.2, 0.25) is 0 Å². The Morgan fingerprint density at radius 2 is 1.88 bits per heavy atom. The fraction of sp³-hybridized carbons (Fsp3) is 0.750. The molecule has 0 aromatic rings. The van der Waals surface area contributed by atoms with E-state index in [1.807, 2.05) is 4.72 Å². The van der Waals surface area contributed by atoms with E-state index in [-0.39, 0.29) is 5.84 Å². The van der Waals surface area contributed by atoms with E-state index in [9.17, 15) is 13.2 Å². The number of rotatable bonds is 5. The smallest absolute Gasteiger partial charge is 0.422 e. The quantitative estimate of drug-likeness (QED) is 0.399. The van der Waals surface area contributed by atoms with Gasteiger partial charge in [-0.1, -0.05) is 0 Å². The summed E-state index contributed by atoms with van der Waals surface area (Å²) in [5.74, 6) is -0.375. The maximum atomic E-state index is 11.5. The summed E-state index contributed by atoms with van der Waals surface area (Å²) in [6.07, 6.45) is -1.53. The minimum atomic E-state index is -4.12. The highest BCUT2D eigenvalue weighted by Crippen LogP contribution is 2.02. The molecule has 0 unspecified atom stereocenters. The van der Waals surface area contributed by atoms with Crippen molar-refractivity contribution in [3.05, 3.63) is 0 Å². The van der Waals surface area contributed by atoms with E-state index >= 15 is 0 Å². The van der Waals surface area contributed by atoms with E-state index < -0.39 is 27.9 Å². The molecule has 0 aromatic carbocycles. The molecule has 0 spiro atoms. The average molecular weight is 266 g/mol. The second-order valence-corrected chi connectivity index (χ2v) is 5.62. The predicted molar refractivity (Wildman–Crippen MR) is 62.8 cm³/mol. The minimum absolute atomic E-state index is 0.375. The predicted octanol–water partition coefficient (Wildman–Crippen LogP) is -0.330. The van der Waals surface area contributed by atoms with Crippen molar-refractivity contribution in [3.8, 4) is 0 Å². The van der Waals surface area contributed by atoms with Crippen LogP contribution in [0.25, 0.3) is 0 Å². The van der Waals surface area contributed by atoms with Crippen LogP contribution in [0.3, 0.4) is 0 Å². The van der Waals surface area contributed by atoms with Crippen molar-refractivity contribution in [3.63, 3.8) is 0 Å². The molecule has 8 nitrogen and oxygen atoms in total. The van der Waals surface area contributed by atoms with Gasteiger partial charge in [0, 0.05) is 0 Å². The lowest BCUT2D eigenvalue weighted by molar-refractivity contribution is 0.121. The summed E-state index contributed by atoms with van der Waals surface area (Å²) >= 11 is 0. The zero-order valence-corrected chi connectivity index (χ0v) is 11.0. The maximum absolute atomic E-state index is 11.5. The number of nitrogens with one attached hydrogen (secondary N) is 3. The van der Waals surface area contributed by atoms with Crippen LogP contribution in [0.4, 0.5) is 4.79 Å². The Bertz CT molecular complexity index is 402. The first-order chi connectivity index (χ1) is 7.46. The minimum Gasteiger partial charge on any atom is -0.446 e. The van der Waals surface area contributed by atoms with Gasteiger partial charge in [0.05, 0.1) is 11.6 Å². The van der Waals surface area contributed by atoms with Crippen LogP contribution in [-0.4, -0.2) is 32.0 Å². The zero-order valence-electron chi connectivity index (χ0n) is 10.2. The summed E-state index contributed by atoms with van der Waals surface area (Å²) in [5, 5.41) is 7.18. The fourth-order valence-electron chi connectivity index (χ4n) is 0.764. The molecule has 0 saturated carbocycles. The first-order valence-corrected chi connectivity index (χ1v) is 6.31. The van der Waals surface area contributed by atoms with Crippen molar-refractivity contribution in [2.24, 2.45) is 5.73 Å². The molecule has 0 aliphatic carbocycles. The van der Waals surface area contributed by atoms with E-state index in [4.69, 9.17) is 11.1 Å². The van der Waals surface area contributed by atoms with Gasteiger partial charge in [-0.3, -0.25) is 5.41 Å². The van der Waals surface area contributed by atoms with Crippen molar-refractivity contribution in [1.29, 1.82) is 5.41 Å². The number of carbonyl (C=O) groups excluding carboxylic acids is 1. The molecular formula is C8H18N4O4S. The van der Waals surface area contributed by atoms with Crippen LogP contribution < -0.4 is 15.2 Å². The van der Waals surface area contributed by atoms with Crippen molar-refractivity contribution >= 4 is 22.1 Å². The van der Waals surface area contributed by atoms with Crippen LogP contribution in [0, 0.1) is 5.41 Å². The van der Waals surface area contributed by atoms with E-state index in [1.54, 1.807) is 18.6 Å². The van der Waals surface area contributed by atoms with Crippen LogP contribution >= 0.6 is 0 Å². The second kappa shape index (κ2) is 5.32. The Morgan fingerprint density at radius 3 is 2.24 bits per heavy atom. The number of carbonyl (C=O) groups is 1. The summed E-state index contributed by atoms with van der Waals surface area (Å²) in [4.78, 5) is 11.1. The van der Waals surface area contributed by atoms with Crippen LogP contribution in [-0.2, 0) is 14.9 Å². The van der Waals surface area contributed by atoms with E-state index in [0.717, 1.165) is 0 Å². The average Bonchev–Trinajstić information content (AvgIpc) is 1.96. The summed E-state index contributed by atoms with van der Waals surface area (Å²) in [5.41, 5.74) is 3.91. The number of hydrogen-bond donors (Lipinski definition) is 4. The number of hydrogen-bond acceptors (Lipinski definition) is 5. The Morgan fingerprint density at radius 1 is 1.41 bits per heavy atom. The van der Waals surface area contributed by atoms with Gasteiger partial charge in [0.15, 0.2) is 0 Å². The van der Waals surface area contributed by atoms with E-state index in [0.29, 0.717) is 0 Å².